The summed E-state index contributed by atoms with van der Waals surface area (Å²) in [4.78, 5) is 16.6. The largest absolute Gasteiger partial charge is 0.485 e. The molecule has 0 aliphatic rings. The molecule has 0 unspecified atom stereocenters. The molecule has 4 rings (SSSR count). The van der Waals surface area contributed by atoms with Crippen LogP contribution >= 0.6 is 22.9 Å². The molecule has 32 heavy (non-hydrogen) atoms. The molecule has 0 bridgehead atoms. The fourth-order valence-electron chi connectivity index (χ4n) is 3.48. The monoisotopic (exact) mass is 469 g/mol. The summed E-state index contributed by atoms with van der Waals surface area (Å²) in [7, 11) is 0. The number of hydrogen-bond acceptors (Lipinski definition) is 4. The van der Waals surface area contributed by atoms with Crippen LogP contribution in [0.1, 0.15) is 26.6 Å². The number of thiazole rings is 1. The number of para-hydroxylation sites is 1. The smallest absolute Gasteiger partial charge is 0.250 e. The Hall–Kier alpha value is -3.16. The molecule has 4 aromatic rings. The number of hydrogen-bond donors (Lipinski definition) is 1. The predicted molar refractivity (Wildman–Crippen MR) is 125 cm³/mol. The average Bonchev–Trinajstić information content (AvgIpc) is 3.37. The summed E-state index contributed by atoms with van der Waals surface area (Å²) in [6.07, 6.45) is 0.674. The summed E-state index contributed by atoms with van der Waals surface area (Å²) in [6.45, 7) is 2.75. The van der Waals surface area contributed by atoms with Crippen molar-refractivity contribution in [1.29, 1.82) is 0 Å². The normalized spacial score (nSPS) is 11.0. The maximum atomic E-state index is 13.2. The van der Waals surface area contributed by atoms with Gasteiger partial charge in [-0.05, 0) is 49.2 Å². The van der Waals surface area contributed by atoms with E-state index in [1.54, 1.807) is 30.3 Å². The number of rotatable bonds is 8. The Morgan fingerprint density at radius 3 is 2.69 bits per heavy atom. The first-order valence-electron chi connectivity index (χ1n) is 9.99. The molecule has 0 fully saturated rings. The van der Waals surface area contributed by atoms with E-state index in [9.17, 15) is 9.18 Å². The van der Waals surface area contributed by atoms with Gasteiger partial charge in [-0.1, -0.05) is 35.9 Å². The summed E-state index contributed by atoms with van der Waals surface area (Å²) < 4.78 is 21.0. The second-order valence-electron chi connectivity index (χ2n) is 7.27. The number of ether oxygens (including phenoxy) is 1. The van der Waals surface area contributed by atoms with Crippen LogP contribution < -0.4 is 10.5 Å². The van der Waals surface area contributed by atoms with Crippen molar-refractivity contribution in [2.24, 2.45) is 5.73 Å². The van der Waals surface area contributed by atoms with Crippen molar-refractivity contribution in [3.8, 4) is 17.1 Å². The van der Waals surface area contributed by atoms with Crippen LogP contribution in [-0.4, -0.2) is 15.5 Å². The summed E-state index contributed by atoms with van der Waals surface area (Å²) in [5.41, 5.74) is 9.36. The second-order valence-corrected chi connectivity index (χ2v) is 8.62. The molecular weight excluding hydrogens is 449 g/mol. The highest BCUT2D eigenvalue weighted by Gasteiger charge is 2.19. The Labute approximate surface area is 194 Å². The van der Waals surface area contributed by atoms with E-state index in [0.29, 0.717) is 29.3 Å². The Morgan fingerprint density at radius 1 is 1.22 bits per heavy atom. The number of benzene rings is 2. The zero-order valence-electron chi connectivity index (χ0n) is 17.3. The summed E-state index contributed by atoms with van der Waals surface area (Å²) in [5, 5.41) is 3.25. The zero-order valence-corrected chi connectivity index (χ0v) is 18.9. The van der Waals surface area contributed by atoms with Crippen molar-refractivity contribution >= 4 is 28.8 Å². The third kappa shape index (κ3) is 4.84. The quantitative estimate of drug-likeness (QED) is 0.363. The van der Waals surface area contributed by atoms with Gasteiger partial charge in [0.1, 0.15) is 23.2 Å². The molecule has 164 valence electrons. The number of nitrogens with zero attached hydrogens (tertiary/aromatic N) is 2. The van der Waals surface area contributed by atoms with Gasteiger partial charge in [-0.2, -0.15) is 0 Å². The van der Waals surface area contributed by atoms with Gasteiger partial charge in [-0.25, -0.2) is 9.37 Å². The Balaban J connectivity index is 1.57. The standard InChI is InChI=1S/C24H21ClFN3O2S/c1-15-18(24(27)30)12-21(29(15)11-10-16-6-8-17(26)9-7-16)20-14-32-23(28-20)13-31-22-5-3-2-4-19(22)25/h2-9,12,14H,10-11,13H2,1H3,(H2,27,30). The number of carbonyl (C=O) groups excluding carboxylic acids is 1. The summed E-state index contributed by atoms with van der Waals surface area (Å²) in [5.74, 6) is -0.154. The van der Waals surface area contributed by atoms with Gasteiger partial charge >= 0.3 is 0 Å². The fraction of sp³-hybridized carbons (Fsp3) is 0.167. The van der Waals surface area contributed by atoms with Gasteiger partial charge in [0.25, 0.3) is 5.91 Å². The van der Waals surface area contributed by atoms with Crippen LogP contribution in [0.2, 0.25) is 5.02 Å². The van der Waals surface area contributed by atoms with Crippen molar-refractivity contribution in [3.63, 3.8) is 0 Å². The number of amides is 1. The maximum absolute atomic E-state index is 13.2. The van der Waals surface area contributed by atoms with Crippen LogP contribution in [-0.2, 0) is 19.6 Å². The maximum Gasteiger partial charge on any atom is 0.250 e. The third-order valence-corrected chi connectivity index (χ3v) is 6.31. The molecule has 0 aliphatic heterocycles. The van der Waals surface area contributed by atoms with E-state index < -0.39 is 5.91 Å². The molecule has 0 radical (unpaired) electrons. The van der Waals surface area contributed by atoms with E-state index in [1.165, 1.54) is 23.5 Å². The number of carbonyl (C=O) groups is 1. The van der Waals surface area contributed by atoms with Gasteiger partial charge in [-0.3, -0.25) is 4.79 Å². The van der Waals surface area contributed by atoms with Crippen LogP contribution in [0.15, 0.2) is 60.0 Å². The number of aromatic nitrogens is 2. The van der Waals surface area contributed by atoms with Crippen molar-refractivity contribution in [2.75, 3.05) is 0 Å². The van der Waals surface area contributed by atoms with Gasteiger partial charge in [0.2, 0.25) is 0 Å². The molecule has 2 aromatic carbocycles. The highest BCUT2D eigenvalue weighted by Crippen LogP contribution is 2.29. The van der Waals surface area contributed by atoms with Crippen LogP contribution in [0.4, 0.5) is 4.39 Å². The molecule has 2 heterocycles. The van der Waals surface area contributed by atoms with Crippen molar-refractivity contribution < 1.29 is 13.9 Å². The number of nitrogens with two attached hydrogens (primary N) is 1. The van der Waals surface area contributed by atoms with Gasteiger partial charge in [-0.15, -0.1) is 11.3 Å². The third-order valence-electron chi connectivity index (χ3n) is 5.17. The number of primary amides is 1. The van der Waals surface area contributed by atoms with Crippen molar-refractivity contribution in [2.45, 2.75) is 26.5 Å². The van der Waals surface area contributed by atoms with Crippen LogP contribution in [0.5, 0.6) is 5.75 Å². The van der Waals surface area contributed by atoms with Gasteiger partial charge in [0.15, 0.2) is 0 Å². The van der Waals surface area contributed by atoms with Crippen LogP contribution in [0.3, 0.4) is 0 Å². The van der Waals surface area contributed by atoms with E-state index in [-0.39, 0.29) is 12.4 Å². The van der Waals surface area contributed by atoms with Crippen molar-refractivity contribution in [1.82, 2.24) is 9.55 Å². The lowest BCUT2D eigenvalue weighted by Gasteiger charge is -2.11. The molecular formula is C24H21ClFN3O2S. The molecule has 8 heteroatoms. The topological polar surface area (TPSA) is 70.1 Å². The van der Waals surface area contributed by atoms with E-state index >= 15 is 0 Å². The van der Waals surface area contributed by atoms with E-state index in [0.717, 1.165) is 27.7 Å². The van der Waals surface area contributed by atoms with Gasteiger partial charge in [0.05, 0.1) is 22.0 Å². The second kappa shape index (κ2) is 9.54. The summed E-state index contributed by atoms with van der Waals surface area (Å²) >= 11 is 7.61. The van der Waals surface area contributed by atoms with Crippen LogP contribution in [0, 0.1) is 12.7 Å². The van der Waals surface area contributed by atoms with E-state index in [2.05, 4.69) is 0 Å². The highest BCUT2D eigenvalue weighted by atomic mass is 35.5. The molecule has 5 nitrogen and oxygen atoms in total. The van der Waals surface area contributed by atoms with E-state index in [1.807, 2.05) is 29.0 Å². The molecule has 2 N–H and O–H groups in total. The molecule has 0 spiro atoms. The lowest BCUT2D eigenvalue weighted by molar-refractivity contribution is 0.0999. The molecule has 2 aromatic heterocycles. The first-order valence-corrected chi connectivity index (χ1v) is 11.2. The predicted octanol–water partition coefficient (Wildman–Crippen LogP) is 5.63. The first-order chi connectivity index (χ1) is 15.4. The van der Waals surface area contributed by atoms with Crippen LogP contribution in [0.25, 0.3) is 11.4 Å². The number of aryl methyl sites for hydroxylation is 1. The van der Waals surface area contributed by atoms with E-state index in [4.69, 9.17) is 27.1 Å². The Morgan fingerprint density at radius 2 is 1.97 bits per heavy atom. The molecule has 0 saturated carbocycles. The molecule has 0 atom stereocenters. The lowest BCUT2D eigenvalue weighted by Crippen LogP contribution is -2.13. The Kier molecular flexibility index (Phi) is 6.58. The highest BCUT2D eigenvalue weighted by molar-refractivity contribution is 7.09. The lowest BCUT2D eigenvalue weighted by atomic mass is 10.1. The Bertz CT molecular complexity index is 1250. The molecule has 1 amide bonds. The zero-order chi connectivity index (χ0) is 22.7. The minimum atomic E-state index is -0.484. The molecule has 0 saturated heterocycles. The average molecular weight is 470 g/mol. The first kappa shape index (κ1) is 22.0. The number of halogens is 2. The van der Waals surface area contributed by atoms with Gasteiger partial charge in [0, 0.05) is 17.6 Å². The molecule has 0 aliphatic carbocycles. The van der Waals surface area contributed by atoms with Gasteiger partial charge < -0.3 is 15.0 Å². The SMILES string of the molecule is Cc1c(C(N)=O)cc(-c2csc(COc3ccccc3Cl)n2)n1CCc1ccc(F)cc1. The van der Waals surface area contributed by atoms with Crippen molar-refractivity contribution in [3.05, 3.63) is 92.6 Å². The fourth-order valence-corrected chi connectivity index (χ4v) is 4.37. The summed E-state index contributed by atoms with van der Waals surface area (Å²) in [6, 6.07) is 15.5. The minimum absolute atomic E-state index is 0.267. The minimum Gasteiger partial charge on any atom is -0.485 e.